The summed E-state index contributed by atoms with van der Waals surface area (Å²) in [6.07, 6.45) is 0. The molecule has 0 aliphatic rings. The number of nitrogens with zero attached hydrogens (tertiary/aromatic N) is 1. The van der Waals surface area contributed by atoms with Gasteiger partial charge in [0.05, 0.1) is 16.6 Å². The second-order valence-electron chi connectivity index (χ2n) is 6.67. The van der Waals surface area contributed by atoms with E-state index in [2.05, 4.69) is 5.32 Å². The van der Waals surface area contributed by atoms with E-state index in [0.29, 0.717) is 5.69 Å². The minimum atomic E-state index is -3.80. The number of carbonyl (C=O) groups is 1. The van der Waals surface area contributed by atoms with Crippen LogP contribution in [0.3, 0.4) is 0 Å². The molecular formula is C21H21FN2O3S2. The maximum atomic E-state index is 13.1. The van der Waals surface area contributed by atoms with Gasteiger partial charge in [-0.3, -0.25) is 9.10 Å². The lowest BCUT2D eigenvalue weighted by atomic mass is 10.1. The Morgan fingerprint density at radius 1 is 1.07 bits per heavy atom. The summed E-state index contributed by atoms with van der Waals surface area (Å²) < 4.78 is 40.1. The predicted molar refractivity (Wildman–Crippen MR) is 113 cm³/mol. The Labute approximate surface area is 173 Å². The van der Waals surface area contributed by atoms with Gasteiger partial charge in [-0.25, -0.2) is 12.8 Å². The van der Waals surface area contributed by atoms with Crippen LogP contribution in [0.25, 0.3) is 0 Å². The molecule has 0 spiro atoms. The quantitative estimate of drug-likeness (QED) is 0.623. The molecule has 1 amide bonds. The molecule has 5 nitrogen and oxygen atoms in total. The van der Waals surface area contributed by atoms with E-state index < -0.39 is 15.9 Å². The first-order valence-corrected chi connectivity index (χ1v) is 11.2. The van der Waals surface area contributed by atoms with E-state index in [-0.39, 0.29) is 21.6 Å². The van der Waals surface area contributed by atoms with E-state index in [1.165, 1.54) is 19.2 Å². The fraction of sp³-hybridized carbons (Fsp3) is 0.190. The minimum Gasteiger partial charge on any atom is -0.345 e. The van der Waals surface area contributed by atoms with Gasteiger partial charge in [0.15, 0.2) is 0 Å². The molecule has 0 aliphatic carbocycles. The second-order valence-corrected chi connectivity index (χ2v) is 9.55. The maximum absolute atomic E-state index is 13.1. The molecule has 0 aliphatic heterocycles. The maximum Gasteiger partial charge on any atom is 0.264 e. The standard InChI is InChI=1S/C21H21FN2O3S2/c1-14-4-10-18(11-5-14)29(26,27)24(3)19-12-13-28-20(19)21(25)23-15(2)16-6-8-17(22)9-7-16/h4-13,15H,1-3H3,(H,23,25)/t15-/m1/s1. The van der Waals surface area contributed by atoms with Crippen molar-refractivity contribution in [1.29, 1.82) is 0 Å². The summed E-state index contributed by atoms with van der Waals surface area (Å²) in [6.45, 7) is 3.66. The lowest BCUT2D eigenvalue weighted by Gasteiger charge is -2.21. The zero-order valence-corrected chi connectivity index (χ0v) is 17.9. The van der Waals surface area contributed by atoms with Gasteiger partial charge in [0.2, 0.25) is 0 Å². The van der Waals surface area contributed by atoms with Crippen molar-refractivity contribution in [3.05, 3.63) is 81.8 Å². The second kappa shape index (κ2) is 8.34. The number of hydrogen-bond acceptors (Lipinski definition) is 4. The minimum absolute atomic E-state index is 0.155. The van der Waals surface area contributed by atoms with Gasteiger partial charge in [0.25, 0.3) is 15.9 Å². The van der Waals surface area contributed by atoms with Crippen LogP contribution in [0.2, 0.25) is 0 Å². The number of halogens is 1. The van der Waals surface area contributed by atoms with Gasteiger partial charge in [0, 0.05) is 7.05 Å². The van der Waals surface area contributed by atoms with Crippen molar-refractivity contribution in [3.63, 3.8) is 0 Å². The van der Waals surface area contributed by atoms with Crippen LogP contribution in [-0.4, -0.2) is 21.4 Å². The van der Waals surface area contributed by atoms with Gasteiger partial charge in [0.1, 0.15) is 10.7 Å². The molecule has 3 rings (SSSR count). The Morgan fingerprint density at radius 3 is 2.31 bits per heavy atom. The Kier molecular flexibility index (Phi) is 6.04. The average molecular weight is 433 g/mol. The summed E-state index contributed by atoms with van der Waals surface area (Å²) in [5, 5.41) is 4.51. The van der Waals surface area contributed by atoms with Crippen molar-refractivity contribution in [2.24, 2.45) is 0 Å². The zero-order valence-electron chi connectivity index (χ0n) is 16.2. The van der Waals surface area contributed by atoms with Crippen LogP contribution >= 0.6 is 11.3 Å². The Bertz CT molecular complexity index is 1110. The first-order chi connectivity index (χ1) is 13.7. The fourth-order valence-electron chi connectivity index (χ4n) is 2.82. The molecule has 152 valence electrons. The third kappa shape index (κ3) is 4.49. The molecule has 0 fully saturated rings. The first-order valence-electron chi connectivity index (χ1n) is 8.89. The number of thiophene rings is 1. The molecule has 2 aromatic carbocycles. The summed E-state index contributed by atoms with van der Waals surface area (Å²) in [7, 11) is -2.37. The van der Waals surface area contributed by atoms with Crippen LogP contribution in [0.15, 0.2) is 64.9 Å². The van der Waals surface area contributed by atoms with E-state index >= 15 is 0 Å². The number of carbonyl (C=O) groups excluding carboxylic acids is 1. The fourth-order valence-corrected chi connectivity index (χ4v) is 4.91. The molecule has 1 aromatic heterocycles. The Morgan fingerprint density at radius 2 is 1.69 bits per heavy atom. The molecule has 0 saturated heterocycles. The molecule has 0 radical (unpaired) electrons. The van der Waals surface area contributed by atoms with Crippen molar-refractivity contribution in [1.82, 2.24) is 5.32 Å². The highest BCUT2D eigenvalue weighted by Gasteiger charge is 2.26. The Hall–Kier alpha value is -2.71. The Balaban J connectivity index is 1.83. The van der Waals surface area contributed by atoms with Gasteiger partial charge < -0.3 is 5.32 Å². The molecule has 1 atom stereocenters. The number of hydrogen-bond donors (Lipinski definition) is 1. The topological polar surface area (TPSA) is 66.5 Å². The van der Waals surface area contributed by atoms with Gasteiger partial charge >= 0.3 is 0 Å². The molecule has 0 bridgehead atoms. The lowest BCUT2D eigenvalue weighted by molar-refractivity contribution is 0.0944. The van der Waals surface area contributed by atoms with E-state index in [0.717, 1.165) is 26.8 Å². The highest BCUT2D eigenvalue weighted by molar-refractivity contribution is 7.92. The molecule has 1 heterocycles. The summed E-state index contributed by atoms with van der Waals surface area (Å²) in [4.78, 5) is 13.2. The van der Waals surface area contributed by atoms with Crippen molar-refractivity contribution in [3.8, 4) is 0 Å². The summed E-state index contributed by atoms with van der Waals surface area (Å²) in [6, 6.07) is 13.7. The molecule has 0 saturated carbocycles. The van der Waals surface area contributed by atoms with Gasteiger partial charge in [-0.1, -0.05) is 29.8 Å². The third-order valence-corrected chi connectivity index (χ3v) is 7.27. The first kappa shape index (κ1) is 21.0. The van der Waals surface area contributed by atoms with Crippen LogP contribution in [-0.2, 0) is 10.0 Å². The normalized spacial score (nSPS) is 12.4. The summed E-state index contributed by atoms with van der Waals surface area (Å²) in [5.74, 6) is -0.742. The molecule has 0 unspecified atom stereocenters. The third-order valence-electron chi connectivity index (χ3n) is 4.59. The number of amides is 1. The predicted octanol–water partition coefficient (Wildman–Crippen LogP) is 4.51. The van der Waals surface area contributed by atoms with E-state index in [4.69, 9.17) is 0 Å². The van der Waals surface area contributed by atoms with Crippen LogP contribution in [0.4, 0.5) is 10.1 Å². The van der Waals surface area contributed by atoms with Gasteiger partial charge in [-0.15, -0.1) is 11.3 Å². The smallest absolute Gasteiger partial charge is 0.264 e. The van der Waals surface area contributed by atoms with E-state index in [9.17, 15) is 17.6 Å². The number of rotatable bonds is 6. The van der Waals surface area contributed by atoms with E-state index in [1.54, 1.807) is 54.8 Å². The van der Waals surface area contributed by atoms with Gasteiger partial charge in [-0.05, 0) is 55.1 Å². The van der Waals surface area contributed by atoms with Crippen LogP contribution in [0, 0.1) is 12.7 Å². The molecule has 29 heavy (non-hydrogen) atoms. The number of nitrogens with one attached hydrogen (secondary N) is 1. The highest BCUT2D eigenvalue weighted by Crippen LogP contribution is 2.30. The number of aryl methyl sites for hydroxylation is 1. The lowest BCUT2D eigenvalue weighted by Crippen LogP contribution is -2.30. The average Bonchev–Trinajstić information content (AvgIpc) is 3.18. The molecular weight excluding hydrogens is 411 g/mol. The monoisotopic (exact) mass is 432 g/mol. The molecule has 3 aromatic rings. The largest absolute Gasteiger partial charge is 0.345 e. The SMILES string of the molecule is Cc1ccc(S(=O)(=O)N(C)c2ccsc2C(=O)N[C@H](C)c2ccc(F)cc2)cc1. The zero-order chi connectivity index (χ0) is 21.2. The van der Waals surface area contributed by atoms with Crippen molar-refractivity contribution >= 4 is 33.0 Å². The van der Waals surface area contributed by atoms with Crippen molar-refractivity contribution < 1.29 is 17.6 Å². The summed E-state index contributed by atoms with van der Waals surface area (Å²) >= 11 is 1.16. The van der Waals surface area contributed by atoms with E-state index in [1.807, 2.05) is 6.92 Å². The number of benzene rings is 2. The summed E-state index contributed by atoms with van der Waals surface area (Å²) in [5.41, 5.74) is 2.01. The molecule has 8 heteroatoms. The number of anilines is 1. The highest BCUT2D eigenvalue weighted by atomic mass is 32.2. The van der Waals surface area contributed by atoms with Gasteiger partial charge in [-0.2, -0.15) is 0 Å². The number of sulfonamides is 1. The van der Waals surface area contributed by atoms with Crippen molar-refractivity contribution in [2.45, 2.75) is 24.8 Å². The van der Waals surface area contributed by atoms with Crippen LogP contribution in [0.1, 0.15) is 33.8 Å². The van der Waals surface area contributed by atoms with Crippen LogP contribution in [0.5, 0.6) is 0 Å². The van der Waals surface area contributed by atoms with Crippen molar-refractivity contribution in [2.75, 3.05) is 11.4 Å². The van der Waals surface area contributed by atoms with Crippen LogP contribution < -0.4 is 9.62 Å². The molecule has 1 N–H and O–H groups in total.